The molecule has 0 aliphatic carbocycles. The zero-order valence-electron chi connectivity index (χ0n) is 12.2. The quantitative estimate of drug-likeness (QED) is 0.600. The first kappa shape index (κ1) is 17.8. The van der Waals surface area contributed by atoms with Gasteiger partial charge in [0.2, 0.25) is 0 Å². The zero-order valence-corrected chi connectivity index (χ0v) is 13.0. The predicted octanol–water partition coefficient (Wildman–Crippen LogP) is 2.94. The Bertz CT molecular complexity index is 253. The standard InChI is InChI=1S/C14H28N2OS/c1-5-9-16-14(4,11-15)8-6-7-10-18-13(3)12(2)17/h12-13,16-17H,5-10H2,1-4H3. The lowest BCUT2D eigenvalue weighted by molar-refractivity contribution is 0.196. The number of unbranched alkanes of at least 4 members (excludes halogenated alkanes) is 1. The maximum atomic E-state index is 9.37. The molecule has 106 valence electrons. The number of rotatable bonds is 10. The summed E-state index contributed by atoms with van der Waals surface area (Å²) in [6, 6.07) is 2.37. The van der Waals surface area contributed by atoms with Gasteiger partial charge in [-0.25, -0.2) is 0 Å². The molecule has 0 aliphatic heterocycles. The van der Waals surface area contributed by atoms with Gasteiger partial charge in [0.1, 0.15) is 5.54 Å². The summed E-state index contributed by atoms with van der Waals surface area (Å²) in [5.74, 6) is 1.06. The average molecular weight is 272 g/mol. The molecule has 0 aromatic heterocycles. The first-order chi connectivity index (χ1) is 8.45. The van der Waals surface area contributed by atoms with Gasteiger partial charge in [0, 0.05) is 5.25 Å². The highest BCUT2D eigenvalue weighted by Crippen LogP contribution is 2.19. The van der Waals surface area contributed by atoms with Crippen LogP contribution in [-0.4, -0.2) is 34.3 Å². The number of hydrogen-bond acceptors (Lipinski definition) is 4. The summed E-state index contributed by atoms with van der Waals surface area (Å²) in [6.07, 6.45) is 3.87. The number of nitriles is 1. The van der Waals surface area contributed by atoms with Crippen LogP contribution in [0.25, 0.3) is 0 Å². The first-order valence-electron chi connectivity index (χ1n) is 6.91. The van der Waals surface area contributed by atoms with Crippen molar-refractivity contribution in [1.82, 2.24) is 5.32 Å². The van der Waals surface area contributed by atoms with Gasteiger partial charge >= 0.3 is 0 Å². The molecule has 0 spiro atoms. The predicted molar refractivity (Wildman–Crippen MR) is 79.8 cm³/mol. The van der Waals surface area contributed by atoms with Gasteiger partial charge in [-0.05, 0) is 51.8 Å². The van der Waals surface area contributed by atoms with Gasteiger partial charge in [0.15, 0.2) is 0 Å². The minimum Gasteiger partial charge on any atom is -0.392 e. The van der Waals surface area contributed by atoms with Crippen LogP contribution in [0.4, 0.5) is 0 Å². The summed E-state index contributed by atoms with van der Waals surface area (Å²) in [6.45, 7) is 8.88. The number of aliphatic hydroxyl groups excluding tert-OH is 1. The molecule has 18 heavy (non-hydrogen) atoms. The molecular weight excluding hydrogens is 244 g/mol. The maximum absolute atomic E-state index is 9.37. The van der Waals surface area contributed by atoms with E-state index in [1.807, 2.05) is 25.6 Å². The van der Waals surface area contributed by atoms with Crippen molar-refractivity contribution in [2.45, 2.75) is 70.3 Å². The van der Waals surface area contributed by atoms with Crippen LogP contribution in [0.3, 0.4) is 0 Å². The van der Waals surface area contributed by atoms with E-state index < -0.39 is 0 Å². The van der Waals surface area contributed by atoms with Crippen LogP contribution in [0.15, 0.2) is 0 Å². The topological polar surface area (TPSA) is 56.0 Å². The van der Waals surface area contributed by atoms with Gasteiger partial charge in [-0.15, -0.1) is 0 Å². The van der Waals surface area contributed by atoms with E-state index in [0.717, 1.165) is 38.0 Å². The van der Waals surface area contributed by atoms with Crippen LogP contribution in [0, 0.1) is 11.3 Å². The van der Waals surface area contributed by atoms with Gasteiger partial charge in [-0.2, -0.15) is 17.0 Å². The van der Waals surface area contributed by atoms with Crippen molar-refractivity contribution < 1.29 is 5.11 Å². The molecule has 0 aromatic rings. The molecular formula is C14H28N2OS. The molecule has 0 bridgehead atoms. The van der Waals surface area contributed by atoms with Gasteiger partial charge < -0.3 is 5.11 Å². The monoisotopic (exact) mass is 272 g/mol. The smallest absolute Gasteiger partial charge is 0.103 e. The number of thioether (sulfide) groups is 1. The molecule has 2 N–H and O–H groups in total. The molecule has 4 heteroatoms. The highest BCUT2D eigenvalue weighted by atomic mass is 32.2. The van der Waals surface area contributed by atoms with Crippen molar-refractivity contribution in [2.75, 3.05) is 12.3 Å². The fourth-order valence-electron chi connectivity index (χ4n) is 1.57. The summed E-state index contributed by atoms with van der Waals surface area (Å²) >= 11 is 1.81. The minimum absolute atomic E-state index is 0.245. The second-order valence-corrected chi connectivity index (χ2v) is 6.63. The fraction of sp³-hybridized carbons (Fsp3) is 0.929. The van der Waals surface area contributed by atoms with Crippen LogP contribution in [0.2, 0.25) is 0 Å². The van der Waals surface area contributed by atoms with Gasteiger partial charge in [0.05, 0.1) is 12.2 Å². The van der Waals surface area contributed by atoms with Crippen molar-refractivity contribution in [1.29, 1.82) is 5.26 Å². The molecule has 0 saturated carbocycles. The van der Waals surface area contributed by atoms with Crippen molar-refractivity contribution in [3.05, 3.63) is 0 Å². The lowest BCUT2D eigenvalue weighted by Gasteiger charge is -2.23. The zero-order chi connectivity index (χ0) is 14.0. The third-order valence-corrected chi connectivity index (χ3v) is 4.59. The third-order valence-electron chi connectivity index (χ3n) is 3.14. The van der Waals surface area contributed by atoms with E-state index in [4.69, 9.17) is 0 Å². The SMILES string of the molecule is CCCNC(C)(C#N)CCCCSC(C)C(C)O. The fourth-order valence-corrected chi connectivity index (χ4v) is 2.59. The Balaban J connectivity index is 3.72. The number of aliphatic hydroxyl groups is 1. The highest BCUT2D eigenvalue weighted by Gasteiger charge is 2.21. The molecule has 0 amide bonds. The van der Waals surface area contributed by atoms with Crippen molar-refractivity contribution in [3.63, 3.8) is 0 Å². The lowest BCUT2D eigenvalue weighted by Crippen LogP contribution is -2.41. The number of nitrogens with one attached hydrogen (secondary N) is 1. The molecule has 0 radical (unpaired) electrons. The van der Waals surface area contributed by atoms with Crippen LogP contribution in [0.1, 0.15) is 53.4 Å². The third kappa shape index (κ3) is 7.97. The summed E-state index contributed by atoms with van der Waals surface area (Å²) in [5, 5.41) is 22.1. The van der Waals surface area contributed by atoms with Crippen LogP contribution in [-0.2, 0) is 0 Å². The summed E-state index contributed by atoms with van der Waals surface area (Å²) in [7, 11) is 0. The summed E-state index contributed by atoms with van der Waals surface area (Å²) < 4.78 is 0. The minimum atomic E-state index is -0.378. The Morgan fingerprint density at radius 2 is 2.06 bits per heavy atom. The Labute approximate surface area is 116 Å². The Hall–Kier alpha value is -0.240. The number of nitrogens with zero attached hydrogens (tertiary/aromatic N) is 1. The molecule has 0 heterocycles. The van der Waals surface area contributed by atoms with Crippen LogP contribution < -0.4 is 5.32 Å². The van der Waals surface area contributed by atoms with E-state index in [1.165, 1.54) is 0 Å². The molecule has 0 aliphatic rings. The molecule has 3 atom stereocenters. The molecule has 0 fully saturated rings. The van der Waals surface area contributed by atoms with E-state index >= 15 is 0 Å². The van der Waals surface area contributed by atoms with E-state index in [2.05, 4.69) is 25.2 Å². The molecule has 0 rings (SSSR count). The van der Waals surface area contributed by atoms with Crippen molar-refractivity contribution >= 4 is 11.8 Å². The second-order valence-electron chi connectivity index (χ2n) is 5.14. The largest absolute Gasteiger partial charge is 0.392 e. The van der Waals surface area contributed by atoms with Crippen LogP contribution in [0.5, 0.6) is 0 Å². The van der Waals surface area contributed by atoms with Gasteiger partial charge in [0.25, 0.3) is 0 Å². The van der Waals surface area contributed by atoms with E-state index in [9.17, 15) is 10.4 Å². The molecule has 3 nitrogen and oxygen atoms in total. The summed E-state index contributed by atoms with van der Waals surface area (Å²) in [4.78, 5) is 0. The lowest BCUT2D eigenvalue weighted by atomic mass is 9.96. The molecule has 0 saturated heterocycles. The molecule has 0 aromatic carbocycles. The Morgan fingerprint density at radius 1 is 1.39 bits per heavy atom. The van der Waals surface area contributed by atoms with E-state index in [1.54, 1.807) is 0 Å². The highest BCUT2D eigenvalue weighted by molar-refractivity contribution is 7.99. The normalized spacial score (nSPS) is 17.8. The Kier molecular flexibility index (Phi) is 9.53. The van der Waals surface area contributed by atoms with Crippen molar-refractivity contribution in [3.8, 4) is 6.07 Å². The second kappa shape index (κ2) is 9.66. The van der Waals surface area contributed by atoms with Gasteiger partial charge in [-0.3, -0.25) is 5.32 Å². The molecule has 3 unspecified atom stereocenters. The van der Waals surface area contributed by atoms with Crippen LogP contribution >= 0.6 is 11.8 Å². The number of hydrogen-bond donors (Lipinski definition) is 2. The van der Waals surface area contributed by atoms with E-state index in [-0.39, 0.29) is 11.6 Å². The summed E-state index contributed by atoms with van der Waals surface area (Å²) in [5.41, 5.74) is -0.378. The average Bonchev–Trinajstić information content (AvgIpc) is 2.35. The van der Waals surface area contributed by atoms with Crippen molar-refractivity contribution in [2.24, 2.45) is 0 Å². The van der Waals surface area contributed by atoms with E-state index in [0.29, 0.717) is 5.25 Å². The maximum Gasteiger partial charge on any atom is 0.103 e. The van der Waals surface area contributed by atoms with Gasteiger partial charge in [-0.1, -0.05) is 13.8 Å². The first-order valence-corrected chi connectivity index (χ1v) is 7.96. The Morgan fingerprint density at radius 3 is 2.56 bits per heavy atom.